The van der Waals surface area contributed by atoms with E-state index in [0.717, 1.165) is 13.1 Å². The van der Waals surface area contributed by atoms with Gasteiger partial charge in [-0.15, -0.1) is 11.3 Å². The van der Waals surface area contributed by atoms with Crippen LogP contribution in [0.5, 0.6) is 0 Å². The number of hydrogen-bond donors (Lipinski definition) is 1. The van der Waals surface area contributed by atoms with Crippen LogP contribution in [0.2, 0.25) is 0 Å². The van der Waals surface area contributed by atoms with Gasteiger partial charge in [0.25, 0.3) is 0 Å². The molecule has 1 nitrogen and oxygen atoms in total. The molecule has 80 valence electrons. The average Bonchev–Trinajstić information content (AvgIpc) is 2.58. The Kier molecular flexibility index (Phi) is 7.46. The fraction of sp³-hybridized carbons (Fsp3) is 0.600. The van der Waals surface area contributed by atoms with E-state index in [4.69, 9.17) is 0 Å². The molecule has 1 N–H and O–H groups in total. The van der Waals surface area contributed by atoms with Crippen molar-refractivity contribution < 1.29 is 0 Å². The Hall–Kier alpha value is 0.870. The maximum atomic E-state index is 3.53. The summed E-state index contributed by atoms with van der Waals surface area (Å²) in [4.78, 5) is 1.40. The minimum absolute atomic E-state index is 1.00. The second-order valence-corrected chi connectivity index (χ2v) is 6.05. The van der Waals surface area contributed by atoms with Crippen LogP contribution in [0.3, 0.4) is 0 Å². The van der Waals surface area contributed by atoms with Crippen molar-refractivity contribution in [3.8, 4) is 0 Å². The quantitative estimate of drug-likeness (QED) is 0.420. The number of nitrogens with one attached hydrogen (secondary N) is 1. The molecule has 1 aromatic heterocycles. The summed E-state index contributed by atoms with van der Waals surface area (Å²) in [5, 5.41) is 5.59. The molecular weight excluding hydrogens is 373 g/mol. The van der Waals surface area contributed by atoms with E-state index in [1.165, 1.54) is 33.0 Å². The van der Waals surface area contributed by atoms with Gasteiger partial charge in [-0.05, 0) is 51.2 Å². The number of rotatable bonds is 7. The predicted octanol–water partition coefficient (Wildman–Crippen LogP) is 4.21. The molecule has 1 aromatic rings. The van der Waals surface area contributed by atoms with Crippen molar-refractivity contribution in [2.45, 2.75) is 25.8 Å². The van der Waals surface area contributed by atoms with Gasteiger partial charge < -0.3 is 5.32 Å². The van der Waals surface area contributed by atoms with Gasteiger partial charge in [0, 0.05) is 15.9 Å². The van der Waals surface area contributed by atoms with Crippen molar-refractivity contribution in [3.63, 3.8) is 0 Å². The number of unbranched alkanes of at least 4 members (excludes halogenated alkanes) is 2. The number of alkyl halides is 1. The van der Waals surface area contributed by atoms with Crippen molar-refractivity contribution in [3.05, 3.63) is 20.8 Å². The Balaban J connectivity index is 2.02. The van der Waals surface area contributed by atoms with Gasteiger partial charge in [-0.2, -0.15) is 0 Å². The fourth-order valence-corrected chi connectivity index (χ4v) is 3.18. The molecule has 0 spiro atoms. The van der Waals surface area contributed by atoms with Crippen LogP contribution in [-0.2, 0) is 6.54 Å². The molecule has 0 bridgehead atoms. The second kappa shape index (κ2) is 8.07. The average molecular weight is 388 g/mol. The lowest BCUT2D eigenvalue weighted by atomic mass is 10.2. The molecule has 1 rings (SSSR count). The van der Waals surface area contributed by atoms with Gasteiger partial charge in [-0.3, -0.25) is 0 Å². The Labute approximate surface area is 112 Å². The van der Waals surface area contributed by atoms with E-state index in [2.05, 4.69) is 55.3 Å². The largest absolute Gasteiger partial charge is 0.312 e. The normalized spacial score (nSPS) is 10.7. The summed E-state index contributed by atoms with van der Waals surface area (Å²) in [6.07, 6.45) is 4.00. The van der Waals surface area contributed by atoms with Gasteiger partial charge in [0.1, 0.15) is 0 Å². The van der Waals surface area contributed by atoms with Crippen LogP contribution in [0.4, 0.5) is 0 Å². The molecule has 0 unspecified atom stereocenters. The standard InChI is InChI=1S/C10H15BrINS/c11-9-4-7-14-10(9)8-13-6-3-1-2-5-12/h4,7,13H,1-3,5-6,8H2. The first-order valence-electron chi connectivity index (χ1n) is 4.83. The van der Waals surface area contributed by atoms with E-state index in [0.29, 0.717) is 0 Å². The molecule has 1 heterocycles. The zero-order valence-corrected chi connectivity index (χ0v) is 12.6. The van der Waals surface area contributed by atoms with Crippen LogP contribution in [0.15, 0.2) is 15.9 Å². The highest BCUT2D eigenvalue weighted by Crippen LogP contribution is 2.21. The first-order chi connectivity index (χ1) is 6.84. The van der Waals surface area contributed by atoms with Crippen LogP contribution < -0.4 is 5.32 Å². The molecule has 0 aliphatic rings. The predicted molar refractivity (Wildman–Crippen MR) is 76.5 cm³/mol. The molecule has 14 heavy (non-hydrogen) atoms. The zero-order valence-electron chi connectivity index (χ0n) is 8.06. The molecule has 0 fully saturated rings. The van der Waals surface area contributed by atoms with Gasteiger partial charge in [0.05, 0.1) is 0 Å². The maximum Gasteiger partial charge on any atom is 0.0327 e. The lowest BCUT2D eigenvalue weighted by Gasteiger charge is -2.02. The minimum atomic E-state index is 1.00. The summed E-state index contributed by atoms with van der Waals surface area (Å²) < 4.78 is 2.52. The highest BCUT2D eigenvalue weighted by atomic mass is 127. The first kappa shape index (κ1) is 12.9. The monoisotopic (exact) mass is 387 g/mol. The lowest BCUT2D eigenvalue weighted by Crippen LogP contribution is -2.14. The van der Waals surface area contributed by atoms with E-state index >= 15 is 0 Å². The SMILES string of the molecule is Brc1ccsc1CNCCCCCI. The summed E-state index contributed by atoms with van der Waals surface area (Å²) in [5.74, 6) is 0. The molecule has 0 atom stereocenters. The highest BCUT2D eigenvalue weighted by Gasteiger charge is 1.99. The van der Waals surface area contributed by atoms with E-state index in [1.807, 2.05) is 11.3 Å². The van der Waals surface area contributed by atoms with Crippen molar-refractivity contribution in [1.82, 2.24) is 5.32 Å². The van der Waals surface area contributed by atoms with Gasteiger partial charge >= 0.3 is 0 Å². The first-order valence-corrected chi connectivity index (χ1v) is 8.03. The van der Waals surface area contributed by atoms with Crippen LogP contribution in [0.25, 0.3) is 0 Å². The third-order valence-corrected chi connectivity index (χ3v) is 4.65. The Morgan fingerprint density at radius 3 is 2.86 bits per heavy atom. The van der Waals surface area contributed by atoms with Gasteiger partial charge in [0.15, 0.2) is 0 Å². The fourth-order valence-electron chi connectivity index (χ4n) is 1.17. The summed E-state index contributed by atoms with van der Waals surface area (Å²) in [7, 11) is 0. The molecule has 0 saturated carbocycles. The van der Waals surface area contributed by atoms with Crippen LogP contribution >= 0.6 is 49.9 Å². The smallest absolute Gasteiger partial charge is 0.0327 e. The van der Waals surface area contributed by atoms with Gasteiger partial charge in [0.2, 0.25) is 0 Å². The van der Waals surface area contributed by atoms with Crippen molar-refractivity contribution in [2.75, 3.05) is 11.0 Å². The van der Waals surface area contributed by atoms with E-state index in [1.54, 1.807) is 0 Å². The molecule has 0 radical (unpaired) electrons. The Morgan fingerprint density at radius 2 is 2.21 bits per heavy atom. The molecule has 0 aliphatic carbocycles. The summed E-state index contributed by atoms with van der Waals surface area (Å²) in [6, 6.07) is 2.11. The van der Waals surface area contributed by atoms with Crippen molar-refractivity contribution in [2.24, 2.45) is 0 Å². The molecule has 0 aromatic carbocycles. The van der Waals surface area contributed by atoms with Gasteiger partial charge in [-0.1, -0.05) is 29.0 Å². The third kappa shape index (κ3) is 5.09. The summed E-state index contributed by atoms with van der Waals surface area (Å²) >= 11 is 7.77. The zero-order chi connectivity index (χ0) is 10.2. The topological polar surface area (TPSA) is 12.0 Å². The van der Waals surface area contributed by atoms with Crippen molar-refractivity contribution >= 4 is 49.9 Å². The molecular formula is C10H15BrINS. The molecule has 0 aliphatic heterocycles. The van der Waals surface area contributed by atoms with Crippen molar-refractivity contribution in [1.29, 1.82) is 0 Å². The molecule has 4 heteroatoms. The lowest BCUT2D eigenvalue weighted by molar-refractivity contribution is 0.623. The second-order valence-electron chi connectivity index (χ2n) is 3.12. The highest BCUT2D eigenvalue weighted by molar-refractivity contribution is 14.1. The van der Waals surface area contributed by atoms with E-state index in [9.17, 15) is 0 Å². The van der Waals surface area contributed by atoms with Gasteiger partial charge in [-0.25, -0.2) is 0 Å². The Bertz CT molecular complexity index is 252. The van der Waals surface area contributed by atoms with Crippen LogP contribution in [-0.4, -0.2) is 11.0 Å². The summed E-state index contributed by atoms with van der Waals surface area (Å²) in [6.45, 7) is 2.14. The third-order valence-electron chi connectivity index (χ3n) is 1.96. The Morgan fingerprint density at radius 1 is 1.36 bits per heavy atom. The van der Waals surface area contributed by atoms with Crippen LogP contribution in [0, 0.1) is 0 Å². The molecule has 0 saturated heterocycles. The number of halogens is 2. The maximum absolute atomic E-state index is 3.53. The van der Waals surface area contributed by atoms with Crippen LogP contribution in [0.1, 0.15) is 24.1 Å². The summed E-state index contributed by atoms with van der Waals surface area (Å²) in [5.41, 5.74) is 0. The minimum Gasteiger partial charge on any atom is -0.312 e. The number of thiophene rings is 1. The molecule has 0 amide bonds. The number of hydrogen-bond acceptors (Lipinski definition) is 2. The van der Waals surface area contributed by atoms with E-state index < -0.39 is 0 Å². The van der Waals surface area contributed by atoms with E-state index in [-0.39, 0.29) is 0 Å².